The Balaban J connectivity index is 1.64. The van der Waals surface area contributed by atoms with Crippen LogP contribution < -0.4 is 19.1 Å². The second-order valence-corrected chi connectivity index (χ2v) is 11.1. The Bertz CT molecular complexity index is 1310. The maximum Gasteiger partial charge on any atom is 0.264 e. The van der Waals surface area contributed by atoms with Gasteiger partial charge in [0.2, 0.25) is 5.91 Å². The first kappa shape index (κ1) is 24.6. The standard InChI is InChI=1S/C27H30N2O5S/c1-19-10-15-23-24(17-27(2,3)34-25(23)16-19)28-26(30)18-29(20-11-13-21(33-4)14-12-20)35(31,32)22-8-6-5-7-9-22/h5-16,24H,17-18H2,1-4H3,(H,28,30). The van der Waals surface area contributed by atoms with E-state index in [1.165, 1.54) is 19.2 Å². The third-order valence-electron chi connectivity index (χ3n) is 5.94. The molecule has 35 heavy (non-hydrogen) atoms. The minimum Gasteiger partial charge on any atom is -0.497 e. The molecule has 1 N–H and O–H groups in total. The van der Waals surface area contributed by atoms with Gasteiger partial charge in [-0.05, 0) is 68.8 Å². The summed E-state index contributed by atoms with van der Waals surface area (Å²) in [6.45, 7) is 5.56. The summed E-state index contributed by atoms with van der Waals surface area (Å²) in [5.74, 6) is 0.914. The van der Waals surface area contributed by atoms with Crippen molar-refractivity contribution >= 4 is 21.6 Å². The van der Waals surface area contributed by atoms with Crippen molar-refractivity contribution in [3.05, 3.63) is 83.9 Å². The average molecular weight is 495 g/mol. The van der Waals surface area contributed by atoms with Crippen molar-refractivity contribution in [3.8, 4) is 11.5 Å². The molecule has 4 rings (SSSR count). The van der Waals surface area contributed by atoms with Crippen molar-refractivity contribution in [1.82, 2.24) is 5.32 Å². The molecule has 1 aliphatic rings. The normalized spacial score (nSPS) is 16.5. The van der Waals surface area contributed by atoms with Crippen LogP contribution >= 0.6 is 0 Å². The molecule has 1 amide bonds. The van der Waals surface area contributed by atoms with Crippen LogP contribution in [0.5, 0.6) is 11.5 Å². The maximum absolute atomic E-state index is 13.5. The highest BCUT2D eigenvalue weighted by Crippen LogP contribution is 2.40. The molecule has 0 aliphatic carbocycles. The molecule has 0 radical (unpaired) electrons. The van der Waals surface area contributed by atoms with Crippen molar-refractivity contribution in [2.75, 3.05) is 18.0 Å². The Labute approximate surface area is 206 Å². The van der Waals surface area contributed by atoms with Crippen LogP contribution in [0.15, 0.2) is 77.7 Å². The lowest BCUT2D eigenvalue weighted by Gasteiger charge is -2.38. The lowest BCUT2D eigenvalue weighted by atomic mass is 9.89. The molecule has 1 aliphatic heterocycles. The minimum absolute atomic E-state index is 0.108. The van der Waals surface area contributed by atoms with E-state index >= 15 is 0 Å². The fraction of sp³-hybridized carbons (Fsp3) is 0.296. The summed E-state index contributed by atoms with van der Waals surface area (Å²) in [6, 6.07) is 20.3. The number of amides is 1. The van der Waals surface area contributed by atoms with E-state index < -0.39 is 21.5 Å². The van der Waals surface area contributed by atoms with E-state index in [0.29, 0.717) is 17.9 Å². The molecule has 0 spiro atoms. The van der Waals surface area contributed by atoms with Crippen molar-refractivity contribution in [2.45, 2.75) is 43.7 Å². The number of anilines is 1. The molecule has 0 aromatic heterocycles. The molecule has 184 valence electrons. The molecule has 3 aromatic carbocycles. The zero-order valence-electron chi connectivity index (χ0n) is 20.3. The van der Waals surface area contributed by atoms with Crippen LogP contribution in [-0.4, -0.2) is 33.6 Å². The molecule has 3 aromatic rings. The minimum atomic E-state index is -3.99. The first-order valence-corrected chi connectivity index (χ1v) is 12.8. The van der Waals surface area contributed by atoms with Gasteiger partial charge in [-0.15, -0.1) is 0 Å². The first-order valence-electron chi connectivity index (χ1n) is 11.4. The topological polar surface area (TPSA) is 84.9 Å². The number of nitrogens with one attached hydrogen (secondary N) is 1. The van der Waals surface area contributed by atoms with Gasteiger partial charge < -0.3 is 14.8 Å². The Morgan fingerprint density at radius 2 is 1.77 bits per heavy atom. The lowest BCUT2D eigenvalue weighted by molar-refractivity contribution is -0.120. The summed E-state index contributed by atoms with van der Waals surface area (Å²) < 4.78 is 39.5. The fourth-order valence-corrected chi connectivity index (χ4v) is 5.68. The third-order valence-corrected chi connectivity index (χ3v) is 7.73. The van der Waals surface area contributed by atoms with Gasteiger partial charge in [0, 0.05) is 12.0 Å². The van der Waals surface area contributed by atoms with Crippen molar-refractivity contribution in [1.29, 1.82) is 0 Å². The summed E-state index contributed by atoms with van der Waals surface area (Å²) in [6.07, 6.45) is 0.558. The van der Waals surface area contributed by atoms with Crippen molar-refractivity contribution in [3.63, 3.8) is 0 Å². The molecule has 0 bridgehead atoms. The number of fused-ring (bicyclic) bond motifs is 1. The Morgan fingerprint density at radius 3 is 2.43 bits per heavy atom. The molecule has 1 heterocycles. The SMILES string of the molecule is COc1ccc(N(CC(=O)NC2CC(C)(C)Oc3cc(C)ccc32)S(=O)(=O)c2ccccc2)cc1. The van der Waals surface area contributed by atoms with Crippen LogP contribution in [-0.2, 0) is 14.8 Å². The smallest absolute Gasteiger partial charge is 0.264 e. The number of nitrogens with zero attached hydrogens (tertiary/aromatic N) is 1. The Hall–Kier alpha value is -3.52. The number of aryl methyl sites for hydroxylation is 1. The van der Waals surface area contributed by atoms with Crippen molar-refractivity contribution < 1.29 is 22.7 Å². The number of methoxy groups -OCH3 is 1. The van der Waals surface area contributed by atoms with Gasteiger partial charge in [-0.1, -0.05) is 30.3 Å². The number of hydrogen-bond acceptors (Lipinski definition) is 5. The zero-order chi connectivity index (χ0) is 25.2. The number of rotatable bonds is 7. The van der Waals surface area contributed by atoms with Gasteiger partial charge in [0.1, 0.15) is 23.6 Å². The molecule has 1 unspecified atom stereocenters. The van der Waals surface area contributed by atoms with Crippen LogP contribution in [0.3, 0.4) is 0 Å². The summed E-state index contributed by atoms with van der Waals surface area (Å²) in [5, 5.41) is 3.05. The lowest BCUT2D eigenvalue weighted by Crippen LogP contribution is -2.45. The quantitative estimate of drug-likeness (QED) is 0.518. The molecule has 1 atom stereocenters. The van der Waals surface area contributed by atoms with E-state index in [1.54, 1.807) is 42.5 Å². The van der Waals surface area contributed by atoms with Crippen molar-refractivity contribution in [2.24, 2.45) is 0 Å². The number of carbonyl (C=O) groups is 1. The fourth-order valence-electron chi connectivity index (χ4n) is 4.24. The molecule has 0 saturated heterocycles. The number of sulfonamides is 1. The van der Waals surface area contributed by atoms with Gasteiger partial charge in [0.05, 0.1) is 23.7 Å². The van der Waals surface area contributed by atoms with E-state index in [2.05, 4.69) is 5.32 Å². The van der Waals surface area contributed by atoms with E-state index in [9.17, 15) is 13.2 Å². The Kier molecular flexibility index (Phi) is 6.76. The molecule has 7 nitrogen and oxygen atoms in total. The predicted octanol–water partition coefficient (Wildman–Crippen LogP) is 4.62. The molecule has 0 fully saturated rings. The second-order valence-electron chi connectivity index (χ2n) is 9.25. The van der Waals surface area contributed by atoms with Gasteiger partial charge in [-0.25, -0.2) is 8.42 Å². The van der Waals surface area contributed by atoms with Gasteiger partial charge in [0.15, 0.2) is 0 Å². The van der Waals surface area contributed by atoms with Crippen LogP contribution in [0, 0.1) is 6.92 Å². The van der Waals surface area contributed by atoms with Gasteiger partial charge in [0.25, 0.3) is 10.0 Å². The number of ether oxygens (including phenoxy) is 2. The third kappa shape index (κ3) is 5.43. The Morgan fingerprint density at radius 1 is 1.09 bits per heavy atom. The largest absolute Gasteiger partial charge is 0.497 e. The van der Waals surface area contributed by atoms with E-state index in [0.717, 1.165) is 21.2 Å². The van der Waals surface area contributed by atoms with Crippen LogP contribution in [0.25, 0.3) is 0 Å². The monoisotopic (exact) mass is 494 g/mol. The molecule has 8 heteroatoms. The summed E-state index contributed by atoms with van der Waals surface area (Å²) in [7, 11) is -2.45. The maximum atomic E-state index is 13.5. The van der Waals surface area contributed by atoms with E-state index in [4.69, 9.17) is 9.47 Å². The summed E-state index contributed by atoms with van der Waals surface area (Å²) in [5.41, 5.74) is 1.83. The van der Waals surface area contributed by atoms with Crippen LogP contribution in [0.4, 0.5) is 5.69 Å². The highest BCUT2D eigenvalue weighted by Gasteiger charge is 2.35. The van der Waals surface area contributed by atoms with Gasteiger partial charge in [-0.2, -0.15) is 0 Å². The number of benzene rings is 3. The summed E-state index contributed by atoms with van der Waals surface area (Å²) in [4.78, 5) is 13.4. The van der Waals surface area contributed by atoms with E-state index in [1.807, 2.05) is 39.0 Å². The molecule has 0 saturated carbocycles. The highest BCUT2D eigenvalue weighted by molar-refractivity contribution is 7.92. The second kappa shape index (κ2) is 9.62. The zero-order valence-corrected chi connectivity index (χ0v) is 21.1. The molecular formula is C27H30N2O5S. The number of carbonyl (C=O) groups excluding carboxylic acids is 1. The first-order chi connectivity index (χ1) is 16.6. The van der Waals surface area contributed by atoms with Gasteiger partial charge in [-0.3, -0.25) is 9.10 Å². The summed E-state index contributed by atoms with van der Waals surface area (Å²) >= 11 is 0. The molecular weight excluding hydrogens is 464 g/mol. The highest BCUT2D eigenvalue weighted by atomic mass is 32.2. The van der Waals surface area contributed by atoms with Gasteiger partial charge >= 0.3 is 0 Å². The van der Waals surface area contributed by atoms with Crippen LogP contribution in [0.2, 0.25) is 0 Å². The predicted molar refractivity (Wildman–Crippen MR) is 135 cm³/mol. The average Bonchev–Trinajstić information content (AvgIpc) is 2.82. The van der Waals surface area contributed by atoms with E-state index in [-0.39, 0.29) is 17.5 Å². The van der Waals surface area contributed by atoms with Crippen LogP contribution in [0.1, 0.15) is 37.4 Å². The number of hydrogen-bond donors (Lipinski definition) is 1.